The summed E-state index contributed by atoms with van der Waals surface area (Å²) in [5.41, 5.74) is 6.95. The van der Waals surface area contributed by atoms with Gasteiger partial charge < -0.3 is 15.0 Å². The smallest absolute Gasteiger partial charge is 0.271 e. The molecule has 0 aliphatic carbocycles. The molecule has 0 atom stereocenters. The zero-order valence-electron chi connectivity index (χ0n) is 11.6. The number of thiophene rings is 1. The third-order valence-electron chi connectivity index (χ3n) is 3.74. The number of anilines is 1. The Balaban J connectivity index is 2.44. The lowest BCUT2D eigenvalue weighted by molar-refractivity contribution is -0.0379. The van der Waals surface area contributed by atoms with Crippen LogP contribution < -0.4 is 11.3 Å². The summed E-state index contributed by atoms with van der Waals surface area (Å²) in [6.07, 6.45) is 0.732. The molecule has 5 nitrogen and oxygen atoms in total. The molecule has 1 aliphatic heterocycles. The average molecular weight is 289 g/mol. The Morgan fingerprint density at radius 1 is 1.50 bits per heavy atom. The van der Waals surface area contributed by atoms with Crippen LogP contribution in [0.25, 0.3) is 10.2 Å². The quantitative estimate of drug-likeness (QED) is 0.803. The highest BCUT2D eigenvalue weighted by molar-refractivity contribution is 7.19. The Kier molecular flexibility index (Phi) is 2.68. The van der Waals surface area contributed by atoms with E-state index < -0.39 is 0 Å². The van der Waals surface area contributed by atoms with Crippen molar-refractivity contribution in [2.75, 3.05) is 5.73 Å². The summed E-state index contributed by atoms with van der Waals surface area (Å²) in [4.78, 5) is 14.0. The van der Waals surface area contributed by atoms with Crippen LogP contribution in [0, 0.1) is 11.3 Å². The number of pyridine rings is 1. The summed E-state index contributed by atoms with van der Waals surface area (Å²) < 4.78 is 7.32. The molecule has 2 aromatic heterocycles. The largest absolute Gasteiger partial charge is 0.397 e. The molecular weight excluding hydrogens is 274 g/mol. The third kappa shape index (κ3) is 1.67. The number of ether oxygens (including phenoxy) is 1. The number of hydrogen-bond acceptors (Lipinski definition) is 5. The van der Waals surface area contributed by atoms with E-state index in [1.807, 2.05) is 19.9 Å². The van der Waals surface area contributed by atoms with E-state index in [4.69, 9.17) is 15.7 Å². The standard InChI is InChI=1S/C14H15N3O2S/c1-14(2)4-7-9(6-19-14)20-13-10(7)11(16)8(5-15)12(18)17(13)3/h4,6,16H2,1-3H3. The highest BCUT2D eigenvalue weighted by Crippen LogP contribution is 2.41. The Morgan fingerprint density at radius 3 is 2.85 bits per heavy atom. The van der Waals surface area contributed by atoms with Gasteiger partial charge in [0.25, 0.3) is 5.56 Å². The molecule has 0 fully saturated rings. The van der Waals surface area contributed by atoms with Crippen molar-refractivity contribution in [2.45, 2.75) is 32.5 Å². The molecule has 2 N–H and O–H groups in total. The lowest BCUT2D eigenvalue weighted by Gasteiger charge is -2.30. The van der Waals surface area contributed by atoms with Gasteiger partial charge in [-0.1, -0.05) is 0 Å². The molecule has 0 saturated carbocycles. The van der Waals surface area contributed by atoms with E-state index in [-0.39, 0.29) is 16.7 Å². The maximum absolute atomic E-state index is 12.1. The van der Waals surface area contributed by atoms with Gasteiger partial charge in [0.05, 0.1) is 17.9 Å². The Labute approximate surface area is 120 Å². The molecule has 0 amide bonds. The number of fused-ring (bicyclic) bond motifs is 3. The summed E-state index contributed by atoms with van der Waals surface area (Å²) in [6.45, 7) is 4.59. The van der Waals surface area contributed by atoms with E-state index in [0.717, 1.165) is 27.1 Å². The number of nitrogen functional groups attached to an aromatic ring is 1. The van der Waals surface area contributed by atoms with Crippen LogP contribution in [0.2, 0.25) is 0 Å². The molecule has 6 heteroatoms. The van der Waals surface area contributed by atoms with Crippen LogP contribution in [0.5, 0.6) is 0 Å². The van der Waals surface area contributed by atoms with Gasteiger partial charge in [0, 0.05) is 23.7 Å². The Morgan fingerprint density at radius 2 is 2.20 bits per heavy atom. The van der Waals surface area contributed by atoms with Crippen molar-refractivity contribution in [1.29, 1.82) is 5.26 Å². The molecule has 0 saturated heterocycles. The number of nitrogens with zero attached hydrogens (tertiary/aromatic N) is 2. The average Bonchev–Trinajstić information content (AvgIpc) is 2.74. The molecule has 0 aromatic carbocycles. The molecule has 104 valence electrons. The minimum atomic E-state index is -0.337. The van der Waals surface area contributed by atoms with E-state index in [2.05, 4.69) is 0 Å². The summed E-state index contributed by atoms with van der Waals surface area (Å²) in [5.74, 6) is 0. The fraction of sp³-hybridized carbons (Fsp3) is 0.429. The lowest BCUT2D eigenvalue weighted by atomic mass is 9.93. The summed E-state index contributed by atoms with van der Waals surface area (Å²) in [5, 5.41) is 10.0. The van der Waals surface area contributed by atoms with E-state index in [0.29, 0.717) is 12.3 Å². The zero-order valence-corrected chi connectivity index (χ0v) is 12.4. The second-order valence-corrected chi connectivity index (χ2v) is 6.76. The molecule has 1 aliphatic rings. The fourth-order valence-corrected chi connectivity index (χ4v) is 3.86. The van der Waals surface area contributed by atoms with E-state index >= 15 is 0 Å². The molecule has 0 unspecified atom stereocenters. The number of aryl methyl sites for hydroxylation is 1. The van der Waals surface area contributed by atoms with Crippen LogP contribution in [0.3, 0.4) is 0 Å². The maximum atomic E-state index is 12.1. The Bertz CT molecular complexity index is 824. The van der Waals surface area contributed by atoms with E-state index in [9.17, 15) is 4.79 Å². The lowest BCUT2D eigenvalue weighted by Crippen LogP contribution is -2.31. The minimum Gasteiger partial charge on any atom is -0.397 e. The first-order valence-electron chi connectivity index (χ1n) is 6.32. The van der Waals surface area contributed by atoms with Gasteiger partial charge in [-0.05, 0) is 19.4 Å². The van der Waals surface area contributed by atoms with Gasteiger partial charge in [-0.2, -0.15) is 5.26 Å². The van der Waals surface area contributed by atoms with Crippen LogP contribution >= 0.6 is 11.3 Å². The van der Waals surface area contributed by atoms with Crippen molar-refractivity contribution >= 4 is 27.2 Å². The highest BCUT2D eigenvalue weighted by Gasteiger charge is 2.31. The second kappa shape index (κ2) is 4.08. The SMILES string of the molecule is Cn1c(=O)c(C#N)c(N)c2c3c(sc21)COC(C)(C)C3. The summed E-state index contributed by atoms with van der Waals surface area (Å²) in [7, 11) is 1.68. The fourth-order valence-electron chi connectivity index (χ4n) is 2.66. The number of nitriles is 1. The maximum Gasteiger partial charge on any atom is 0.271 e. The molecule has 0 bridgehead atoms. The van der Waals surface area contributed by atoms with Gasteiger partial charge in [-0.15, -0.1) is 11.3 Å². The van der Waals surface area contributed by atoms with Gasteiger partial charge in [-0.3, -0.25) is 4.79 Å². The van der Waals surface area contributed by atoms with Crippen molar-refractivity contribution in [3.63, 3.8) is 0 Å². The molecule has 2 aromatic rings. The highest BCUT2D eigenvalue weighted by atomic mass is 32.1. The monoisotopic (exact) mass is 289 g/mol. The first kappa shape index (κ1) is 13.2. The topological polar surface area (TPSA) is 81.0 Å². The number of nitrogens with two attached hydrogens (primary N) is 1. The van der Waals surface area contributed by atoms with Crippen molar-refractivity contribution in [1.82, 2.24) is 4.57 Å². The van der Waals surface area contributed by atoms with Gasteiger partial charge in [0.2, 0.25) is 0 Å². The predicted molar refractivity (Wildman–Crippen MR) is 78.8 cm³/mol. The van der Waals surface area contributed by atoms with Gasteiger partial charge in [0.1, 0.15) is 16.5 Å². The van der Waals surface area contributed by atoms with Crippen molar-refractivity contribution in [3.8, 4) is 6.07 Å². The van der Waals surface area contributed by atoms with Crippen LogP contribution in [0.1, 0.15) is 29.9 Å². The molecule has 20 heavy (non-hydrogen) atoms. The summed E-state index contributed by atoms with van der Waals surface area (Å²) in [6, 6.07) is 1.93. The third-order valence-corrected chi connectivity index (χ3v) is 5.02. The number of hydrogen-bond donors (Lipinski definition) is 1. The predicted octanol–water partition coefficient (Wildman–Crippen LogP) is 1.91. The molecular formula is C14H15N3O2S. The van der Waals surface area contributed by atoms with Crippen LogP contribution in [-0.4, -0.2) is 10.2 Å². The van der Waals surface area contributed by atoms with Crippen LogP contribution in [-0.2, 0) is 24.8 Å². The van der Waals surface area contributed by atoms with Crippen molar-refractivity contribution in [3.05, 3.63) is 26.4 Å². The number of aromatic nitrogens is 1. The van der Waals surface area contributed by atoms with Crippen molar-refractivity contribution in [2.24, 2.45) is 7.05 Å². The second-order valence-electron chi connectivity index (χ2n) is 5.67. The van der Waals surface area contributed by atoms with E-state index in [1.165, 1.54) is 15.9 Å². The normalized spacial score (nSPS) is 16.9. The first-order chi connectivity index (χ1) is 9.35. The van der Waals surface area contributed by atoms with Gasteiger partial charge in [0.15, 0.2) is 0 Å². The molecule has 3 rings (SSSR count). The minimum absolute atomic E-state index is 0.0323. The first-order valence-corrected chi connectivity index (χ1v) is 7.14. The molecule has 0 radical (unpaired) electrons. The molecule has 0 spiro atoms. The van der Waals surface area contributed by atoms with Crippen LogP contribution in [0.4, 0.5) is 5.69 Å². The Hall–Kier alpha value is -1.84. The number of rotatable bonds is 0. The van der Waals surface area contributed by atoms with Crippen molar-refractivity contribution < 1.29 is 4.74 Å². The zero-order chi connectivity index (χ0) is 14.7. The molecule has 3 heterocycles. The van der Waals surface area contributed by atoms with Gasteiger partial charge >= 0.3 is 0 Å². The summed E-state index contributed by atoms with van der Waals surface area (Å²) >= 11 is 1.52. The van der Waals surface area contributed by atoms with Gasteiger partial charge in [-0.25, -0.2) is 0 Å². The van der Waals surface area contributed by atoms with Crippen LogP contribution in [0.15, 0.2) is 4.79 Å². The van der Waals surface area contributed by atoms with E-state index in [1.54, 1.807) is 7.05 Å².